The van der Waals surface area contributed by atoms with Gasteiger partial charge in [0.05, 0.1) is 0 Å². The van der Waals surface area contributed by atoms with Gasteiger partial charge in [-0.15, -0.1) is 0 Å². The Morgan fingerprint density at radius 3 is 1.20 bits per heavy atom. The maximum atomic E-state index is 7.88. The van der Waals surface area contributed by atoms with E-state index in [2.05, 4.69) is 0 Å². The molecule has 0 aromatic carbocycles. The topological polar surface area (TPSA) is 136 Å². The molecule has 0 aromatic rings. The number of hydrogen-bond acceptors (Lipinski definition) is 6. The average molecular weight is 173 g/mol. The Morgan fingerprint density at radius 2 is 1.20 bits per heavy atom. The highest BCUT2D eigenvalue weighted by atomic mass is 28.4. The standard InChI is InChI=1S/C3H8O.H3N.H4O4Si/c1-2-3-4;;1-5(2,3)4/h4H,2-3H2,1H3;1H3;1-4H. The molecule has 8 N–H and O–H groups in total. The van der Waals surface area contributed by atoms with E-state index in [0.717, 1.165) is 6.42 Å². The summed E-state index contributed by atoms with van der Waals surface area (Å²) in [5.41, 5.74) is 0. The third-order valence-corrected chi connectivity index (χ3v) is 0.224. The second-order valence-corrected chi connectivity index (χ2v) is 2.52. The first kappa shape index (κ1) is 16.5. The van der Waals surface area contributed by atoms with Crippen LogP contribution >= 0.6 is 0 Å². The van der Waals surface area contributed by atoms with Crippen LogP contribution in [0.1, 0.15) is 13.3 Å². The lowest BCUT2D eigenvalue weighted by Gasteiger charge is -1.91. The number of rotatable bonds is 1. The molecule has 0 aromatic heterocycles. The first-order chi connectivity index (χ1) is 3.91. The van der Waals surface area contributed by atoms with Crippen molar-refractivity contribution in [2.45, 2.75) is 13.3 Å². The van der Waals surface area contributed by atoms with Gasteiger partial charge in [0, 0.05) is 6.61 Å². The van der Waals surface area contributed by atoms with E-state index < -0.39 is 9.05 Å². The fraction of sp³-hybridized carbons (Fsp3) is 1.00. The second kappa shape index (κ2) is 8.98. The molecule has 7 heteroatoms. The largest absolute Gasteiger partial charge is 0.668 e. The van der Waals surface area contributed by atoms with Crippen molar-refractivity contribution in [1.29, 1.82) is 0 Å². The summed E-state index contributed by atoms with van der Waals surface area (Å²) >= 11 is 0. The van der Waals surface area contributed by atoms with Gasteiger partial charge in [-0.25, -0.2) is 0 Å². The third kappa shape index (κ3) is 407. The predicted octanol–water partition coefficient (Wildman–Crippen LogP) is -2.06. The van der Waals surface area contributed by atoms with Crippen LogP contribution in [0.5, 0.6) is 0 Å². The predicted molar refractivity (Wildman–Crippen MR) is 37.0 cm³/mol. The summed E-state index contributed by atoms with van der Waals surface area (Å²) in [6.07, 6.45) is 0.875. The molecule has 0 saturated heterocycles. The van der Waals surface area contributed by atoms with Gasteiger partial charge in [0.15, 0.2) is 0 Å². The maximum Gasteiger partial charge on any atom is 0.668 e. The molecule has 0 aliphatic heterocycles. The molecule has 0 radical (unpaired) electrons. The van der Waals surface area contributed by atoms with Crippen molar-refractivity contribution in [3.8, 4) is 0 Å². The van der Waals surface area contributed by atoms with Crippen LogP contribution in [-0.4, -0.2) is 39.9 Å². The minimum Gasteiger partial charge on any atom is -0.396 e. The summed E-state index contributed by atoms with van der Waals surface area (Å²) in [5.74, 6) is 0. The summed E-state index contributed by atoms with van der Waals surface area (Å²) in [4.78, 5) is 29.3. The zero-order chi connectivity index (χ0) is 7.91. The van der Waals surface area contributed by atoms with Crippen LogP contribution in [0, 0.1) is 0 Å². The van der Waals surface area contributed by atoms with Gasteiger partial charge in [0.1, 0.15) is 0 Å². The van der Waals surface area contributed by atoms with Crippen molar-refractivity contribution in [2.75, 3.05) is 6.61 Å². The molecule has 0 atom stereocenters. The number of hydrogen-bond donors (Lipinski definition) is 6. The fourth-order valence-electron chi connectivity index (χ4n) is 0. The van der Waals surface area contributed by atoms with Gasteiger partial charge >= 0.3 is 9.05 Å². The molecule has 0 spiro atoms. The molecule has 6 nitrogen and oxygen atoms in total. The Morgan fingerprint density at radius 1 is 1.10 bits per heavy atom. The summed E-state index contributed by atoms with van der Waals surface area (Å²) in [6, 6.07) is 0. The highest BCUT2D eigenvalue weighted by Crippen LogP contribution is 1.67. The molecule has 0 heterocycles. The van der Waals surface area contributed by atoms with Gasteiger partial charge in [0.25, 0.3) is 0 Å². The average Bonchev–Trinajstić information content (AvgIpc) is 1.61. The lowest BCUT2D eigenvalue weighted by Crippen LogP contribution is -2.33. The van der Waals surface area contributed by atoms with E-state index in [4.69, 9.17) is 24.3 Å². The van der Waals surface area contributed by atoms with Crippen molar-refractivity contribution < 1.29 is 24.3 Å². The first-order valence-corrected chi connectivity index (χ1v) is 4.21. The van der Waals surface area contributed by atoms with E-state index in [0.29, 0.717) is 6.61 Å². The Hall–Kier alpha value is -0.0231. The zero-order valence-electron chi connectivity index (χ0n) is 5.86. The highest BCUT2D eigenvalue weighted by Gasteiger charge is 2.22. The van der Waals surface area contributed by atoms with E-state index in [1.807, 2.05) is 6.92 Å². The Bertz CT molecular complexity index is 47.3. The third-order valence-electron chi connectivity index (χ3n) is 0.224. The van der Waals surface area contributed by atoms with Crippen LogP contribution in [0.25, 0.3) is 0 Å². The van der Waals surface area contributed by atoms with Gasteiger partial charge in [-0.2, -0.15) is 0 Å². The van der Waals surface area contributed by atoms with Crippen LogP contribution in [-0.2, 0) is 0 Å². The van der Waals surface area contributed by atoms with Crippen molar-refractivity contribution in [2.24, 2.45) is 0 Å². The normalized spacial score (nSPS) is 9.00. The Kier molecular flexibility index (Phi) is 14.8. The van der Waals surface area contributed by atoms with Crippen LogP contribution in [0.4, 0.5) is 0 Å². The number of aliphatic hydroxyl groups is 1. The van der Waals surface area contributed by atoms with Crippen molar-refractivity contribution in [3.63, 3.8) is 0 Å². The molecule has 0 aliphatic rings. The summed E-state index contributed by atoms with van der Waals surface area (Å²) in [6.45, 7) is 2.25. The summed E-state index contributed by atoms with van der Waals surface area (Å²) < 4.78 is 0. The summed E-state index contributed by atoms with van der Waals surface area (Å²) in [5, 5.41) is 7.88. The molecule has 0 unspecified atom stereocenters. The van der Waals surface area contributed by atoms with E-state index in [9.17, 15) is 0 Å². The van der Waals surface area contributed by atoms with Crippen LogP contribution in [0.3, 0.4) is 0 Å². The minimum absolute atomic E-state index is 0. The smallest absolute Gasteiger partial charge is 0.396 e. The van der Waals surface area contributed by atoms with E-state index in [1.165, 1.54) is 0 Å². The molecule has 66 valence electrons. The molecular weight excluding hydrogens is 158 g/mol. The molecule has 0 saturated carbocycles. The maximum absolute atomic E-state index is 7.88. The fourth-order valence-corrected chi connectivity index (χ4v) is 0. The highest BCUT2D eigenvalue weighted by molar-refractivity contribution is 6.46. The number of aliphatic hydroxyl groups excluding tert-OH is 1. The summed E-state index contributed by atoms with van der Waals surface area (Å²) in [7, 11) is -4.61. The van der Waals surface area contributed by atoms with Crippen molar-refractivity contribution in [3.05, 3.63) is 0 Å². The van der Waals surface area contributed by atoms with Crippen LogP contribution in [0.2, 0.25) is 0 Å². The molecule has 0 fully saturated rings. The van der Waals surface area contributed by atoms with E-state index >= 15 is 0 Å². The van der Waals surface area contributed by atoms with Gasteiger partial charge in [-0.3, -0.25) is 0 Å². The van der Waals surface area contributed by atoms with Crippen LogP contribution < -0.4 is 6.15 Å². The van der Waals surface area contributed by atoms with E-state index in [-0.39, 0.29) is 6.15 Å². The quantitative estimate of drug-likeness (QED) is 0.252. The minimum atomic E-state index is -4.61. The zero-order valence-corrected chi connectivity index (χ0v) is 6.86. The van der Waals surface area contributed by atoms with Crippen molar-refractivity contribution >= 4 is 9.05 Å². The Labute approximate surface area is 60.5 Å². The lowest BCUT2D eigenvalue weighted by molar-refractivity contribution is 0.117. The molecular formula is C3H15NO5Si. The van der Waals surface area contributed by atoms with E-state index in [1.54, 1.807) is 0 Å². The molecule has 0 bridgehead atoms. The molecule has 10 heavy (non-hydrogen) atoms. The van der Waals surface area contributed by atoms with Crippen LogP contribution in [0.15, 0.2) is 0 Å². The van der Waals surface area contributed by atoms with Gasteiger partial charge in [-0.05, 0) is 6.42 Å². The lowest BCUT2D eigenvalue weighted by atomic mass is 10.5. The van der Waals surface area contributed by atoms with Gasteiger partial charge in [0.2, 0.25) is 0 Å². The molecule has 0 amide bonds. The first-order valence-electron chi connectivity index (χ1n) is 2.42. The van der Waals surface area contributed by atoms with Gasteiger partial charge in [-0.1, -0.05) is 6.92 Å². The molecule has 0 rings (SSSR count). The molecule has 0 aliphatic carbocycles. The van der Waals surface area contributed by atoms with Gasteiger partial charge < -0.3 is 30.4 Å². The monoisotopic (exact) mass is 173 g/mol. The second-order valence-electron chi connectivity index (χ2n) is 1.32. The SMILES string of the molecule is CCCO.N.O[Si](O)(O)O. The van der Waals surface area contributed by atoms with Crippen molar-refractivity contribution in [1.82, 2.24) is 6.15 Å². The Balaban J connectivity index is -0.0000000910.